The molecule has 7 heteroatoms. The topological polar surface area (TPSA) is 84.6 Å². The summed E-state index contributed by atoms with van der Waals surface area (Å²) in [6.07, 6.45) is 0.483. The number of benzene rings is 2. The zero-order valence-corrected chi connectivity index (χ0v) is 20.1. The lowest BCUT2D eigenvalue weighted by atomic mass is 9.94. The Bertz CT molecular complexity index is 1030. The van der Waals surface area contributed by atoms with Crippen LogP contribution in [0.15, 0.2) is 47.0 Å². The molecule has 1 heterocycles. The van der Waals surface area contributed by atoms with Gasteiger partial charge >= 0.3 is 0 Å². The molecule has 0 bridgehead atoms. The van der Waals surface area contributed by atoms with Gasteiger partial charge in [0, 0.05) is 18.7 Å². The second-order valence-corrected chi connectivity index (χ2v) is 8.72. The minimum Gasteiger partial charge on any atom is -0.488 e. The maximum absolute atomic E-state index is 12.4. The van der Waals surface area contributed by atoms with Crippen LogP contribution in [0.4, 0.5) is 0 Å². The number of aryl methyl sites for hydroxylation is 1. The number of hydrogen-bond acceptors (Lipinski definition) is 5. The smallest absolute Gasteiger partial charge is 0.291 e. The van der Waals surface area contributed by atoms with Gasteiger partial charge in [-0.1, -0.05) is 49.3 Å². The molecule has 1 aromatic heterocycles. The van der Waals surface area contributed by atoms with Crippen molar-refractivity contribution in [2.45, 2.75) is 39.7 Å². The molecule has 3 rings (SSSR count). The largest absolute Gasteiger partial charge is 0.488 e. The van der Waals surface area contributed by atoms with Gasteiger partial charge in [-0.25, -0.2) is 0 Å². The Morgan fingerprint density at radius 1 is 1.26 bits per heavy atom. The van der Waals surface area contributed by atoms with Gasteiger partial charge < -0.3 is 19.7 Å². The normalized spacial score (nSPS) is 11.0. The minimum atomic E-state index is -0.348. The maximum Gasteiger partial charge on any atom is 0.291 e. The fraction of sp³-hybridized carbons (Fsp3) is 0.333. The summed E-state index contributed by atoms with van der Waals surface area (Å²) in [4.78, 5) is 12.4. The minimum absolute atomic E-state index is 0.0164. The highest BCUT2D eigenvalue weighted by atomic mass is 127. The van der Waals surface area contributed by atoms with Gasteiger partial charge in [-0.05, 0) is 70.7 Å². The number of aliphatic hydroxyl groups is 1. The first kappa shape index (κ1) is 23.3. The van der Waals surface area contributed by atoms with Gasteiger partial charge in [0.1, 0.15) is 18.1 Å². The summed E-state index contributed by atoms with van der Waals surface area (Å²) in [5.41, 5.74) is 4.78. The third-order valence-electron chi connectivity index (χ3n) is 4.94. The molecule has 0 radical (unpaired) electrons. The van der Waals surface area contributed by atoms with E-state index in [1.807, 2.05) is 36.4 Å². The van der Waals surface area contributed by atoms with Crippen molar-refractivity contribution in [3.63, 3.8) is 0 Å². The number of hydrogen-bond donors (Lipinski definition) is 2. The molecule has 31 heavy (non-hydrogen) atoms. The number of aromatic nitrogens is 1. The summed E-state index contributed by atoms with van der Waals surface area (Å²) >= 11 is 2.09. The van der Waals surface area contributed by atoms with Gasteiger partial charge in [-0.3, -0.25) is 4.79 Å². The first-order valence-electron chi connectivity index (χ1n) is 10.3. The molecule has 1 amide bonds. The number of carbonyl (C=O) groups is 1. The van der Waals surface area contributed by atoms with Crippen LogP contribution in [0.25, 0.3) is 11.3 Å². The Kier molecular flexibility index (Phi) is 8.09. The number of rotatable bonds is 9. The summed E-state index contributed by atoms with van der Waals surface area (Å²) in [5.74, 6) is 0.839. The van der Waals surface area contributed by atoms with E-state index in [1.165, 1.54) is 5.56 Å². The van der Waals surface area contributed by atoms with E-state index < -0.39 is 0 Å². The van der Waals surface area contributed by atoms with Crippen LogP contribution in [0, 0.1) is 10.5 Å². The lowest BCUT2D eigenvalue weighted by Crippen LogP contribution is -2.25. The molecule has 0 saturated carbocycles. The molecule has 6 nitrogen and oxygen atoms in total. The molecule has 0 unspecified atom stereocenters. The second-order valence-electron chi connectivity index (χ2n) is 7.64. The van der Waals surface area contributed by atoms with Crippen molar-refractivity contribution in [1.82, 2.24) is 10.5 Å². The van der Waals surface area contributed by atoms with Gasteiger partial charge in [0.25, 0.3) is 5.91 Å². The molecule has 164 valence electrons. The summed E-state index contributed by atoms with van der Waals surface area (Å²) in [5, 5.41) is 15.9. The van der Waals surface area contributed by atoms with Crippen LogP contribution in [0.1, 0.15) is 53.4 Å². The molecule has 0 spiro atoms. The number of carbonyl (C=O) groups excluding carboxylic acids is 1. The third-order valence-corrected chi connectivity index (χ3v) is 5.95. The summed E-state index contributed by atoms with van der Waals surface area (Å²) in [6, 6.07) is 14.1. The number of halogens is 1. The molecule has 0 aliphatic heterocycles. The Balaban J connectivity index is 1.96. The summed E-state index contributed by atoms with van der Waals surface area (Å²) in [7, 11) is 0. The molecule has 2 N–H and O–H groups in total. The van der Waals surface area contributed by atoms with E-state index in [2.05, 4.69) is 59.9 Å². The Hall–Kier alpha value is -2.39. The summed E-state index contributed by atoms with van der Waals surface area (Å²) in [6.45, 7) is 7.17. The zero-order valence-electron chi connectivity index (χ0n) is 17.9. The Morgan fingerprint density at radius 2 is 2.00 bits per heavy atom. The van der Waals surface area contributed by atoms with Gasteiger partial charge in [0.15, 0.2) is 0 Å². The first-order valence-corrected chi connectivity index (χ1v) is 11.4. The van der Waals surface area contributed by atoms with E-state index in [-0.39, 0.29) is 18.3 Å². The molecule has 2 aromatic carbocycles. The van der Waals surface area contributed by atoms with E-state index in [1.54, 1.807) is 0 Å². The highest BCUT2D eigenvalue weighted by Crippen LogP contribution is 2.38. The second kappa shape index (κ2) is 10.8. The van der Waals surface area contributed by atoms with Gasteiger partial charge in [0.2, 0.25) is 5.76 Å². The van der Waals surface area contributed by atoms with Crippen LogP contribution in [0.2, 0.25) is 0 Å². The van der Waals surface area contributed by atoms with Crippen LogP contribution >= 0.6 is 22.6 Å². The lowest BCUT2D eigenvalue weighted by Gasteiger charge is -2.16. The van der Waals surface area contributed by atoms with Crippen molar-refractivity contribution in [3.05, 3.63) is 68.5 Å². The highest BCUT2D eigenvalue weighted by molar-refractivity contribution is 14.1. The van der Waals surface area contributed by atoms with Crippen LogP contribution < -0.4 is 10.1 Å². The number of nitrogens with one attached hydrogen (secondary N) is 1. The first-order chi connectivity index (χ1) is 14.9. The fourth-order valence-corrected chi connectivity index (χ4v) is 4.04. The van der Waals surface area contributed by atoms with Crippen molar-refractivity contribution in [2.75, 3.05) is 13.2 Å². The third kappa shape index (κ3) is 5.65. The Morgan fingerprint density at radius 3 is 2.68 bits per heavy atom. The Labute approximate surface area is 196 Å². The molecule has 3 aromatic rings. The predicted octanol–water partition coefficient (Wildman–Crippen LogP) is 5.07. The van der Waals surface area contributed by atoms with Gasteiger partial charge in [-0.2, -0.15) is 0 Å². The summed E-state index contributed by atoms with van der Waals surface area (Å²) < 4.78 is 12.2. The molecular weight excluding hydrogens is 507 g/mol. The number of aliphatic hydroxyl groups excluding tert-OH is 1. The SMILES string of the molecule is Cc1cc(OCc2ccccc2)c(-c2noc(C(=O)NCCCO)c2I)cc1C(C)C. The lowest BCUT2D eigenvalue weighted by molar-refractivity contribution is 0.0913. The van der Waals surface area contributed by atoms with Gasteiger partial charge in [0.05, 0.1) is 3.57 Å². The van der Waals surface area contributed by atoms with Crippen molar-refractivity contribution in [2.24, 2.45) is 0 Å². The van der Waals surface area contributed by atoms with E-state index in [0.29, 0.717) is 40.5 Å². The van der Waals surface area contributed by atoms with Crippen molar-refractivity contribution >= 4 is 28.5 Å². The van der Waals surface area contributed by atoms with E-state index in [0.717, 1.165) is 16.7 Å². The zero-order chi connectivity index (χ0) is 22.4. The monoisotopic (exact) mass is 534 g/mol. The standard InChI is InChI=1S/C24H27IN2O4/c1-15(2)18-13-19(20(12-16(18)3)30-14-17-8-5-4-6-9-17)22-21(25)23(31-27-22)24(29)26-10-7-11-28/h4-6,8-9,12-13,15,28H,7,10-11,14H2,1-3H3,(H,26,29). The van der Waals surface area contributed by atoms with Crippen molar-refractivity contribution < 1.29 is 19.2 Å². The fourth-order valence-electron chi connectivity index (χ4n) is 3.31. The average Bonchev–Trinajstić information content (AvgIpc) is 3.14. The van der Waals surface area contributed by atoms with E-state index in [4.69, 9.17) is 14.4 Å². The van der Waals surface area contributed by atoms with Crippen LogP contribution in [0.5, 0.6) is 5.75 Å². The quantitative estimate of drug-likeness (QED) is 0.296. The predicted molar refractivity (Wildman–Crippen MR) is 128 cm³/mol. The van der Waals surface area contributed by atoms with Crippen LogP contribution in [-0.2, 0) is 6.61 Å². The molecule has 0 saturated heterocycles. The van der Waals surface area contributed by atoms with Gasteiger partial charge in [-0.15, -0.1) is 0 Å². The van der Waals surface area contributed by atoms with E-state index in [9.17, 15) is 4.79 Å². The molecule has 0 aliphatic rings. The molecule has 0 atom stereocenters. The number of amides is 1. The van der Waals surface area contributed by atoms with Crippen LogP contribution in [0.3, 0.4) is 0 Å². The number of nitrogens with zero attached hydrogens (tertiary/aromatic N) is 1. The highest BCUT2D eigenvalue weighted by Gasteiger charge is 2.24. The van der Waals surface area contributed by atoms with Crippen molar-refractivity contribution in [1.29, 1.82) is 0 Å². The van der Waals surface area contributed by atoms with Crippen LogP contribution in [-0.4, -0.2) is 29.3 Å². The van der Waals surface area contributed by atoms with E-state index >= 15 is 0 Å². The average molecular weight is 534 g/mol. The maximum atomic E-state index is 12.4. The van der Waals surface area contributed by atoms with Crippen molar-refractivity contribution in [3.8, 4) is 17.0 Å². The molecule has 0 aliphatic carbocycles. The number of ether oxygens (including phenoxy) is 1. The molecular formula is C24H27IN2O4. The molecule has 0 fully saturated rings.